The number of ether oxygens (including phenoxy) is 1. The number of amides is 1. The number of rotatable bonds is 6. The van der Waals surface area contributed by atoms with Crippen LogP contribution in [-0.2, 0) is 4.79 Å². The van der Waals surface area contributed by atoms with Crippen molar-refractivity contribution in [2.24, 2.45) is 0 Å². The van der Waals surface area contributed by atoms with Crippen molar-refractivity contribution in [3.8, 4) is 5.75 Å². The van der Waals surface area contributed by atoms with E-state index < -0.39 is 0 Å². The number of benzene rings is 3. The molecule has 0 aliphatic carbocycles. The van der Waals surface area contributed by atoms with E-state index in [1.165, 1.54) is 0 Å². The molecule has 0 spiro atoms. The normalized spacial score (nSPS) is 10.4. The Kier molecular flexibility index (Phi) is 6.98. The van der Waals surface area contributed by atoms with E-state index in [4.69, 9.17) is 17.0 Å². The van der Waals surface area contributed by atoms with E-state index in [1.807, 2.05) is 92.7 Å². The summed E-state index contributed by atoms with van der Waals surface area (Å²) in [6.07, 6.45) is 0. The van der Waals surface area contributed by atoms with Gasteiger partial charge >= 0.3 is 0 Å². The van der Waals surface area contributed by atoms with Crippen LogP contribution in [-0.4, -0.2) is 17.6 Å². The number of hydrogen-bond donors (Lipinski definition) is 2. The molecule has 0 saturated heterocycles. The lowest BCUT2D eigenvalue weighted by Crippen LogP contribution is -2.43. The Morgan fingerprint density at radius 2 is 1.52 bits per heavy atom. The molecule has 0 atom stereocenters. The average Bonchev–Trinajstić information content (AvgIpc) is 2.74. The molecule has 0 fully saturated rings. The molecule has 0 heterocycles. The van der Waals surface area contributed by atoms with Crippen LogP contribution in [0.1, 0.15) is 28.3 Å². The second-order valence-electron chi connectivity index (χ2n) is 6.83. The van der Waals surface area contributed by atoms with E-state index in [-0.39, 0.29) is 23.7 Å². The van der Waals surface area contributed by atoms with E-state index in [0.29, 0.717) is 5.75 Å². The fourth-order valence-electron chi connectivity index (χ4n) is 2.99. The van der Waals surface area contributed by atoms with E-state index in [1.54, 1.807) is 0 Å². The minimum absolute atomic E-state index is 0.104. The van der Waals surface area contributed by atoms with Gasteiger partial charge in [-0.25, -0.2) is 0 Å². The molecule has 0 saturated carbocycles. The van der Waals surface area contributed by atoms with Gasteiger partial charge in [-0.05, 0) is 54.4 Å². The van der Waals surface area contributed by atoms with Crippen molar-refractivity contribution in [1.82, 2.24) is 10.6 Å². The van der Waals surface area contributed by atoms with E-state index in [9.17, 15) is 4.79 Å². The first-order valence-electron chi connectivity index (χ1n) is 9.43. The van der Waals surface area contributed by atoms with Gasteiger partial charge in [-0.3, -0.25) is 4.79 Å². The van der Waals surface area contributed by atoms with Crippen molar-refractivity contribution in [2.45, 2.75) is 19.9 Å². The summed E-state index contributed by atoms with van der Waals surface area (Å²) in [5.74, 6) is 0.397. The highest BCUT2D eigenvalue weighted by atomic mass is 32.1. The summed E-state index contributed by atoms with van der Waals surface area (Å²) in [4.78, 5) is 12.3. The number of aryl methyl sites for hydroxylation is 2. The molecule has 1 amide bonds. The van der Waals surface area contributed by atoms with Gasteiger partial charge in [0.15, 0.2) is 11.7 Å². The van der Waals surface area contributed by atoms with Crippen molar-refractivity contribution in [2.75, 3.05) is 6.61 Å². The van der Waals surface area contributed by atoms with Crippen LogP contribution in [0.3, 0.4) is 0 Å². The highest BCUT2D eigenvalue weighted by Gasteiger charge is 2.16. The molecule has 3 aromatic rings. The van der Waals surface area contributed by atoms with Crippen molar-refractivity contribution in [3.05, 3.63) is 101 Å². The Labute approximate surface area is 176 Å². The first-order chi connectivity index (χ1) is 14.0. The predicted molar refractivity (Wildman–Crippen MR) is 120 cm³/mol. The van der Waals surface area contributed by atoms with Crippen LogP contribution in [0.4, 0.5) is 0 Å². The van der Waals surface area contributed by atoms with Crippen LogP contribution >= 0.6 is 12.2 Å². The fraction of sp³-hybridized carbons (Fsp3) is 0.167. The molecule has 4 nitrogen and oxygen atoms in total. The largest absolute Gasteiger partial charge is 0.483 e. The third-order valence-corrected chi connectivity index (χ3v) is 4.72. The van der Waals surface area contributed by atoms with Crippen molar-refractivity contribution < 1.29 is 9.53 Å². The van der Waals surface area contributed by atoms with Crippen molar-refractivity contribution >= 4 is 23.2 Å². The predicted octanol–water partition coefficient (Wildman–Crippen LogP) is 4.46. The van der Waals surface area contributed by atoms with E-state index in [2.05, 4.69) is 10.6 Å². The van der Waals surface area contributed by atoms with Crippen molar-refractivity contribution in [1.29, 1.82) is 0 Å². The van der Waals surface area contributed by atoms with Gasteiger partial charge in [-0.15, -0.1) is 0 Å². The van der Waals surface area contributed by atoms with Gasteiger partial charge in [0.2, 0.25) is 0 Å². The molecule has 0 bridgehead atoms. The Hall–Kier alpha value is -3.18. The molecule has 0 aliphatic rings. The summed E-state index contributed by atoms with van der Waals surface area (Å²) in [6.45, 7) is 3.83. The van der Waals surface area contributed by atoms with Gasteiger partial charge in [0.1, 0.15) is 5.75 Å². The number of hydrogen-bond acceptors (Lipinski definition) is 3. The Bertz CT molecular complexity index is 935. The SMILES string of the molecule is Cc1ccc(C)c(OCC(=O)NC(=S)NC(c2ccccc2)c2ccccc2)c1. The first kappa shape index (κ1) is 20.6. The maximum atomic E-state index is 12.3. The number of thiocarbonyl (C=S) groups is 1. The van der Waals surface area contributed by atoms with Gasteiger partial charge in [-0.2, -0.15) is 0 Å². The maximum absolute atomic E-state index is 12.3. The molecule has 0 radical (unpaired) electrons. The highest BCUT2D eigenvalue weighted by molar-refractivity contribution is 7.80. The molecule has 0 unspecified atom stereocenters. The topological polar surface area (TPSA) is 50.4 Å². The van der Waals surface area contributed by atoms with E-state index in [0.717, 1.165) is 22.3 Å². The van der Waals surface area contributed by atoms with Gasteiger partial charge in [0.25, 0.3) is 5.91 Å². The van der Waals surface area contributed by atoms with Gasteiger partial charge in [-0.1, -0.05) is 72.8 Å². The second kappa shape index (κ2) is 9.85. The zero-order chi connectivity index (χ0) is 20.6. The molecule has 3 rings (SSSR count). The minimum atomic E-state index is -0.303. The van der Waals surface area contributed by atoms with Crippen LogP contribution in [0.15, 0.2) is 78.9 Å². The van der Waals surface area contributed by atoms with Crippen LogP contribution in [0.25, 0.3) is 0 Å². The van der Waals surface area contributed by atoms with Gasteiger partial charge in [0.05, 0.1) is 6.04 Å². The monoisotopic (exact) mass is 404 g/mol. The molecular formula is C24H24N2O2S. The Balaban J connectivity index is 1.62. The van der Waals surface area contributed by atoms with Crippen molar-refractivity contribution in [3.63, 3.8) is 0 Å². The summed E-state index contributed by atoms with van der Waals surface area (Å²) in [5.41, 5.74) is 4.18. The lowest BCUT2D eigenvalue weighted by atomic mass is 9.99. The molecule has 2 N–H and O–H groups in total. The van der Waals surface area contributed by atoms with Gasteiger partial charge in [0, 0.05) is 0 Å². The molecule has 29 heavy (non-hydrogen) atoms. The average molecular weight is 405 g/mol. The van der Waals surface area contributed by atoms with Crippen LogP contribution in [0.2, 0.25) is 0 Å². The smallest absolute Gasteiger partial charge is 0.264 e. The Morgan fingerprint density at radius 1 is 0.931 bits per heavy atom. The molecular weight excluding hydrogens is 380 g/mol. The van der Waals surface area contributed by atoms with Crippen LogP contribution in [0.5, 0.6) is 5.75 Å². The highest BCUT2D eigenvalue weighted by Crippen LogP contribution is 2.22. The maximum Gasteiger partial charge on any atom is 0.264 e. The quantitative estimate of drug-likeness (QED) is 0.596. The summed E-state index contributed by atoms with van der Waals surface area (Å²) in [6, 6.07) is 25.7. The molecule has 5 heteroatoms. The second-order valence-corrected chi connectivity index (χ2v) is 7.24. The third kappa shape index (κ3) is 5.90. The third-order valence-electron chi connectivity index (χ3n) is 4.50. The molecule has 3 aromatic carbocycles. The molecule has 0 aliphatic heterocycles. The fourth-order valence-corrected chi connectivity index (χ4v) is 3.22. The summed E-state index contributed by atoms with van der Waals surface area (Å²) < 4.78 is 5.66. The van der Waals surface area contributed by atoms with E-state index >= 15 is 0 Å². The number of nitrogens with one attached hydrogen (secondary N) is 2. The zero-order valence-corrected chi connectivity index (χ0v) is 17.3. The van der Waals surface area contributed by atoms with Crippen LogP contribution in [0, 0.1) is 13.8 Å². The standard InChI is InChI=1S/C24H24N2O2S/c1-17-13-14-18(2)21(15-17)28-16-22(27)25-24(29)26-23(19-9-5-3-6-10-19)20-11-7-4-8-12-20/h3-15,23H,16H2,1-2H3,(H2,25,26,27,29). The zero-order valence-electron chi connectivity index (χ0n) is 16.5. The number of carbonyl (C=O) groups is 1. The minimum Gasteiger partial charge on any atom is -0.483 e. The summed E-state index contributed by atoms with van der Waals surface area (Å²) in [5, 5.41) is 6.22. The first-order valence-corrected chi connectivity index (χ1v) is 9.84. The molecule has 0 aromatic heterocycles. The van der Waals surface area contributed by atoms with Gasteiger partial charge < -0.3 is 15.4 Å². The Morgan fingerprint density at radius 3 is 2.10 bits per heavy atom. The lowest BCUT2D eigenvalue weighted by Gasteiger charge is -2.21. The summed E-state index contributed by atoms with van der Waals surface area (Å²) >= 11 is 5.39. The lowest BCUT2D eigenvalue weighted by molar-refractivity contribution is -0.121. The summed E-state index contributed by atoms with van der Waals surface area (Å²) in [7, 11) is 0. The molecule has 148 valence electrons. The number of carbonyl (C=O) groups excluding carboxylic acids is 1. The van der Waals surface area contributed by atoms with Crippen LogP contribution < -0.4 is 15.4 Å².